The van der Waals surface area contributed by atoms with Crippen LogP contribution in [0.3, 0.4) is 0 Å². The lowest BCUT2D eigenvalue weighted by molar-refractivity contribution is 0.474. The molecule has 1 N–H and O–H groups in total. The maximum Gasteiger partial charge on any atom is 0.124 e. The van der Waals surface area contributed by atoms with E-state index in [-0.39, 0.29) is 10.6 Å². The van der Waals surface area contributed by atoms with E-state index >= 15 is 0 Å². The Balaban J connectivity index is 0.000000837. The van der Waals surface area contributed by atoms with Crippen molar-refractivity contribution in [3.8, 4) is 11.5 Å². The Labute approximate surface area is 196 Å². The second-order valence-electron chi connectivity index (χ2n) is 10.3. The molecule has 3 heteroatoms. The molecule has 0 radical (unpaired) electrons. The Hall–Kier alpha value is -2.31. The molecular formula is C29H39O2P. The number of hydrogen-bond acceptors (Lipinski definition) is 2. The summed E-state index contributed by atoms with van der Waals surface area (Å²) < 4.78 is 6.49. The normalized spacial score (nSPS) is 12.7. The summed E-state index contributed by atoms with van der Waals surface area (Å²) in [6.07, 6.45) is 0. The molecule has 32 heavy (non-hydrogen) atoms. The van der Waals surface area contributed by atoms with E-state index in [4.69, 9.17) is 4.52 Å². The zero-order valence-electron chi connectivity index (χ0n) is 20.9. The Bertz CT molecular complexity index is 934. The van der Waals surface area contributed by atoms with Crippen LogP contribution in [0.5, 0.6) is 11.5 Å². The van der Waals surface area contributed by atoms with Gasteiger partial charge in [-0.3, -0.25) is 0 Å². The number of phenolic OH excluding ortho intramolecular Hbond substituents is 1. The van der Waals surface area contributed by atoms with Crippen LogP contribution in [0.15, 0.2) is 78.9 Å². The van der Waals surface area contributed by atoms with Gasteiger partial charge in [0.15, 0.2) is 0 Å². The van der Waals surface area contributed by atoms with Crippen LogP contribution >= 0.6 is 8.15 Å². The highest BCUT2D eigenvalue weighted by Crippen LogP contribution is 2.49. The molecule has 1 atom stereocenters. The Kier molecular flexibility index (Phi) is 8.93. The molecule has 172 valence electrons. The highest BCUT2D eigenvalue weighted by Gasteiger charge is 2.29. The van der Waals surface area contributed by atoms with Crippen molar-refractivity contribution in [2.75, 3.05) is 0 Å². The van der Waals surface area contributed by atoms with Crippen LogP contribution in [0.25, 0.3) is 0 Å². The fraction of sp³-hybridized carbons (Fsp3) is 0.379. The first kappa shape index (κ1) is 25.9. The molecule has 0 spiro atoms. The quantitative estimate of drug-likeness (QED) is 0.396. The zero-order valence-corrected chi connectivity index (χ0v) is 21.8. The summed E-state index contributed by atoms with van der Waals surface area (Å²) in [5.41, 5.74) is 2.23. The minimum absolute atomic E-state index is 0.0423. The van der Waals surface area contributed by atoms with Gasteiger partial charge in [-0.1, -0.05) is 110 Å². The monoisotopic (exact) mass is 450 g/mol. The largest absolute Gasteiger partial charge is 0.508 e. The lowest BCUT2D eigenvalue weighted by Crippen LogP contribution is -2.22. The first-order valence-corrected chi connectivity index (χ1v) is 12.6. The van der Waals surface area contributed by atoms with Crippen LogP contribution in [0.4, 0.5) is 0 Å². The van der Waals surface area contributed by atoms with Gasteiger partial charge in [0.2, 0.25) is 0 Å². The molecule has 0 heterocycles. The molecule has 0 saturated carbocycles. The van der Waals surface area contributed by atoms with Gasteiger partial charge in [0, 0.05) is 15.9 Å². The Morgan fingerprint density at radius 1 is 0.688 bits per heavy atom. The van der Waals surface area contributed by atoms with E-state index in [2.05, 4.69) is 104 Å². The molecule has 0 amide bonds. The van der Waals surface area contributed by atoms with Crippen molar-refractivity contribution in [3.05, 3.63) is 90.0 Å². The molecule has 0 saturated heterocycles. The summed E-state index contributed by atoms with van der Waals surface area (Å²) in [5, 5.41) is 10.8. The lowest BCUT2D eigenvalue weighted by atomic mass is 9.78. The van der Waals surface area contributed by atoms with Crippen molar-refractivity contribution < 1.29 is 9.63 Å². The SMILES string of the molecule is CC(C)(c1ccc(O)cc1)c1ccc(OP(c2ccccc2)C(C)(C)C)cc1.CC(C)C. The van der Waals surface area contributed by atoms with E-state index in [0.29, 0.717) is 5.75 Å². The molecule has 0 aromatic heterocycles. The Morgan fingerprint density at radius 2 is 1.12 bits per heavy atom. The van der Waals surface area contributed by atoms with Crippen molar-refractivity contribution in [3.63, 3.8) is 0 Å². The van der Waals surface area contributed by atoms with Gasteiger partial charge in [0.1, 0.15) is 19.6 Å². The van der Waals surface area contributed by atoms with Gasteiger partial charge in [-0.25, -0.2) is 0 Å². The second kappa shape index (κ2) is 11.0. The van der Waals surface area contributed by atoms with Crippen molar-refractivity contribution >= 4 is 13.5 Å². The minimum atomic E-state index is -0.786. The average Bonchev–Trinajstić information content (AvgIpc) is 2.72. The second-order valence-corrected chi connectivity index (χ2v) is 12.9. The highest BCUT2D eigenvalue weighted by molar-refractivity contribution is 7.62. The summed E-state index contributed by atoms with van der Waals surface area (Å²) in [5.74, 6) is 2.02. The average molecular weight is 451 g/mol. The van der Waals surface area contributed by atoms with Gasteiger partial charge in [-0.2, -0.15) is 0 Å². The van der Waals surface area contributed by atoms with Gasteiger partial charge in [0.05, 0.1) is 0 Å². The summed E-state index contributed by atoms with van der Waals surface area (Å²) in [6.45, 7) is 17.6. The molecular weight excluding hydrogens is 411 g/mol. The number of aromatic hydroxyl groups is 1. The van der Waals surface area contributed by atoms with E-state index < -0.39 is 8.15 Å². The standard InChI is InChI=1S/C25H29O2P.C4H10/c1-24(2,3)28(23-9-7-6-8-10-23)27-22-17-13-20(14-18-22)25(4,5)19-11-15-21(26)16-12-19;1-4(2)3/h6-18,26H,1-5H3;4H,1-3H3. The number of benzene rings is 3. The predicted octanol–water partition coefficient (Wildman–Crippen LogP) is 8.28. The minimum Gasteiger partial charge on any atom is -0.508 e. The smallest absolute Gasteiger partial charge is 0.124 e. The molecule has 0 bridgehead atoms. The molecule has 0 aliphatic carbocycles. The van der Waals surface area contributed by atoms with Crippen LogP contribution in [-0.2, 0) is 5.41 Å². The molecule has 0 fully saturated rings. The van der Waals surface area contributed by atoms with Crippen molar-refractivity contribution in [2.24, 2.45) is 5.92 Å². The van der Waals surface area contributed by atoms with E-state index in [1.165, 1.54) is 16.4 Å². The van der Waals surface area contributed by atoms with Gasteiger partial charge in [0.25, 0.3) is 0 Å². The molecule has 2 nitrogen and oxygen atoms in total. The van der Waals surface area contributed by atoms with Gasteiger partial charge >= 0.3 is 0 Å². The topological polar surface area (TPSA) is 29.5 Å². The third kappa shape index (κ3) is 7.38. The number of rotatable bonds is 5. The molecule has 0 aliphatic heterocycles. The van der Waals surface area contributed by atoms with Crippen molar-refractivity contribution in [1.29, 1.82) is 0 Å². The van der Waals surface area contributed by atoms with Crippen LogP contribution in [0.2, 0.25) is 0 Å². The van der Waals surface area contributed by atoms with E-state index in [1.807, 2.05) is 18.2 Å². The fourth-order valence-corrected chi connectivity index (χ4v) is 5.15. The molecule has 3 rings (SSSR count). The number of phenols is 1. The molecule has 3 aromatic carbocycles. The highest BCUT2D eigenvalue weighted by atomic mass is 31.1. The Morgan fingerprint density at radius 3 is 1.56 bits per heavy atom. The number of hydrogen-bond donors (Lipinski definition) is 1. The maximum absolute atomic E-state index is 9.56. The third-order valence-electron chi connectivity index (χ3n) is 4.96. The predicted molar refractivity (Wildman–Crippen MR) is 141 cm³/mol. The fourth-order valence-electron chi connectivity index (χ4n) is 3.22. The first-order chi connectivity index (χ1) is 14.9. The maximum atomic E-state index is 9.56. The van der Waals surface area contributed by atoms with Gasteiger partial charge in [-0.05, 0) is 41.3 Å². The first-order valence-electron chi connectivity index (χ1n) is 11.3. The van der Waals surface area contributed by atoms with Crippen LogP contribution in [0, 0.1) is 5.92 Å². The van der Waals surface area contributed by atoms with Gasteiger partial charge < -0.3 is 9.63 Å². The van der Waals surface area contributed by atoms with E-state index in [0.717, 1.165) is 11.7 Å². The molecule has 3 aromatic rings. The van der Waals surface area contributed by atoms with Crippen molar-refractivity contribution in [2.45, 2.75) is 66.0 Å². The summed E-state index contributed by atoms with van der Waals surface area (Å²) in [7, 11) is -0.786. The summed E-state index contributed by atoms with van der Waals surface area (Å²) >= 11 is 0. The zero-order chi connectivity index (χ0) is 23.9. The van der Waals surface area contributed by atoms with Crippen LogP contribution < -0.4 is 9.83 Å². The van der Waals surface area contributed by atoms with Crippen LogP contribution in [-0.4, -0.2) is 10.3 Å². The molecule has 1 unspecified atom stereocenters. The summed E-state index contributed by atoms with van der Waals surface area (Å²) in [4.78, 5) is 0. The third-order valence-corrected chi connectivity index (χ3v) is 7.34. The van der Waals surface area contributed by atoms with Crippen molar-refractivity contribution in [1.82, 2.24) is 0 Å². The van der Waals surface area contributed by atoms with Crippen LogP contribution in [0.1, 0.15) is 66.5 Å². The lowest BCUT2D eigenvalue weighted by Gasteiger charge is -2.31. The van der Waals surface area contributed by atoms with E-state index in [1.54, 1.807) is 12.1 Å². The van der Waals surface area contributed by atoms with E-state index in [9.17, 15) is 5.11 Å². The van der Waals surface area contributed by atoms with Gasteiger partial charge in [-0.15, -0.1) is 0 Å². The molecule has 0 aliphatic rings. The summed E-state index contributed by atoms with van der Waals surface area (Å²) in [6, 6.07) is 26.4.